The molecule has 0 spiro atoms. The average Bonchev–Trinajstić information content (AvgIpc) is 2.66. The summed E-state index contributed by atoms with van der Waals surface area (Å²) in [5.41, 5.74) is 8.30. The summed E-state index contributed by atoms with van der Waals surface area (Å²) in [5, 5.41) is 2.99. The van der Waals surface area contributed by atoms with Gasteiger partial charge in [-0.25, -0.2) is 0 Å². The number of nitrogens with two attached hydrogens (primary N) is 1. The maximum absolute atomic E-state index is 12.4. The van der Waals surface area contributed by atoms with Gasteiger partial charge in [0.25, 0.3) is 0 Å². The van der Waals surface area contributed by atoms with Crippen LogP contribution in [-0.2, 0) is 9.53 Å². The summed E-state index contributed by atoms with van der Waals surface area (Å²) in [6, 6.07) is 5.69. The lowest BCUT2D eigenvalue weighted by atomic mass is 9.84. The maximum Gasteiger partial charge on any atom is 0.234 e. The number of rotatable bonds is 2. The van der Waals surface area contributed by atoms with Crippen molar-refractivity contribution in [3.05, 3.63) is 29.3 Å². The van der Waals surface area contributed by atoms with Gasteiger partial charge in [-0.1, -0.05) is 18.2 Å². The van der Waals surface area contributed by atoms with Gasteiger partial charge >= 0.3 is 0 Å². The molecule has 2 atom stereocenters. The Hall–Kier alpha value is -1.39. The predicted octanol–water partition coefficient (Wildman–Crippen LogP) is 1.61. The third-order valence-corrected chi connectivity index (χ3v) is 3.76. The Balaban J connectivity index is 2.22. The SMILES string of the molecule is Cc1cccc(C)c1NC(=O)C1(C)COCC1N. The van der Waals surface area contributed by atoms with Crippen LogP contribution in [0, 0.1) is 19.3 Å². The summed E-state index contributed by atoms with van der Waals surface area (Å²) in [4.78, 5) is 12.4. The number of aryl methyl sites for hydroxylation is 2. The highest BCUT2D eigenvalue weighted by atomic mass is 16.5. The third kappa shape index (κ3) is 2.13. The normalized spacial score (nSPS) is 27.2. The van der Waals surface area contributed by atoms with Crippen LogP contribution in [-0.4, -0.2) is 25.2 Å². The second-order valence-corrected chi connectivity index (χ2v) is 5.26. The average molecular weight is 248 g/mol. The van der Waals surface area contributed by atoms with E-state index in [1.807, 2.05) is 39.0 Å². The smallest absolute Gasteiger partial charge is 0.234 e. The molecule has 4 heteroatoms. The van der Waals surface area contributed by atoms with E-state index in [9.17, 15) is 4.79 Å². The highest BCUT2D eigenvalue weighted by Gasteiger charge is 2.44. The van der Waals surface area contributed by atoms with E-state index < -0.39 is 5.41 Å². The lowest BCUT2D eigenvalue weighted by Crippen LogP contribution is -2.47. The zero-order chi connectivity index (χ0) is 13.3. The minimum Gasteiger partial charge on any atom is -0.379 e. The van der Waals surface area contributed by atoms with Gasteiger partial charge in [-0.2, -0.15) is 0 Å². The molecule has 0 aliphatic carbocycles. The van der Waals surface area contributed by atoms with Crippen LogP contribution in [0.2, 0.25) is 0 Å². The quantitative estimate of drug-likeness (QED) is 0.835. The van der Waals surface area contributed by atoms with E-state index in [4.69, 9.17) is 10.5 Å². The minimum atomic E-state index is -0.644. The largest absolute Gasteiger partial charge is 0.379 e. The summed E-state index contributed by atoms with van der Waals surface area (Å²) in [5.74, 6) is -0.0649. The molecule has 1 heterocycles. The van der Waals surface area contributed by atoms with Gasteiger partial charge in [0, 0.05) is 11.7 Å². The van der Waals surface area contributed by atoms with Crippen LogP contribution in [0.4, 0.5) is 5.69 Å². The van der Waals surface area contributed by atoms with Crippen molar-refractivity contribution in [2.24, 2.45) is 11.1 Å². The van der Waals surface area contributed by atoms with Gasteiger partial charge in [0.05, 0.1) is 18.6 Å². The van der Waals surface area contributed by atoms with Crippen LogP contribution >= 0.6 is 0 Å². The lowest BCUT2D eigenvalue weighted by Gasteiger charge is -2.26. The highest BCUT2D eigenvalue weighted by molar-refractivity contribution is 5.97. The molecule has 1 fully saturated rings. The first-order chi connectivity index (χ1) is 8.45. The fourth-order valence-electron chi connectivity index (χ4n) is 2.19. The molecule has 1 aromatic rings. The molecule has 1 aromatic carbocycles. The molecule has 1 aliphatic heterocycles. The van der Waals surface area contributed by atoms with Crippen molar-refractivity contribution in [2.75, 3.05) is 18.5 Å². The number of anilines is 1. The Morgan fingerprint density at radius 1 is 1.44 bits per heavy atom. The molecular formula is C14H20N2O2. The van der Waals surface area contributed by atoms with Crippen LogP contribution in [0.5, 0.6) is 0 Å². The lowest BCUT2D eigenvalue weighted by molar-refractivity contribution is -0.125. The Labute approximate surface area is 108 Å². The first-order valence-corrected chi connectivity index (χ1v) is 6.16. The van der Waals surface area contributed by atoms with Crippen LogP contribution < -0.4 is 11.1 Å². The first-order valence-electron chi connectivity index (χ1n) is 6.16. The van der Waals surface area contributed by atoms with Gasteiger partial charge in [-0.15, -0.1) is 0 Å². The zero-order valence-corrected chi connectivity index (χ0v) is 11.1. The molecule has 4 nitrogen and oxygen atoms in total. The van der Waals surface area contributed by atoms with E-state index in [2.05, 4.69) is 5.32 Å². The summed E-state index contributed by atoms with van der Waals surface area (Å²) in [6.45, 7) is 6.64. The van der Waals surface area contributed by atoms with Crippen molar-refractivity contribution in [2.45, 2.75) is 26.8 Å². The van der Waals surface area contributed by atoms with Gasteiger partial charge in [0.15, 0.2) is 0 Å². The van der Waals surface area contributed by atoms with E-state index in [1.54, 1.807) is 0 Å². The zero-order valence-electron chi connectivity index (χ0n) is 11.1. The van der Waals surface area contributed by atoms with Crippen molar-refractivity contribution in [1.82, 2.24) is 0 Å². The third-order valence-electron chi connectivity index (χ3n) is 3.76. The predicted molar refractivity (Wildman–Crippen MR) is 71.4 cm³/mol. The van der Waals surface area contributed by atoms with Gasteiger partial charge in [0.2, 0.25) is 5.91 Å². The van der Waals surface area contributed by atoms with E-state index in [0.717, 1.165) is 16.8 Å². The second kappa shape index (κ2) is 4.71. The van der Waals surface area contributed by atoms with Crippen molar-refractivity contribution < 1.29 is 9.53 Å². The number of ether oxygens (including phenoxy) is 1. The van der Waals surface area contributed by atoms with Crippen molar-refractivity contribution in [3.8, 4) is 0 Å². The minimum absolute atomic E-state index is 0.0649. The Kier molecular flexibility index (Phi) is 3.41. The molecule has 3 N–H and O–H groups in total. The number of benzene rings is 1. The number of hydrogen-bond acceptors (Lipinski definition) is 3. The van der Waals surface area contributed by atoms with E-state index in [-0.39, 0.29) is 11.9 Å². The summed E-state index contributed by atoms with van der Waals surface area (Å²) >= 11 is 0. The second-order valence-electron chi connectivity index (χ2n) is 5.26. The molecule has 0 saturated carbocycles. The molecule has 0 radical (unpaired) electrons. The Morgan fingerprint density at radius 3 is 2.56 bits per heavy atom. The molecule has 0 aromatic heterocycles. The van der Waals surface area contributed by atoms with Gasteiger partial charge < -0.3 is 15.8 Å². The number of hydrogen-bond donors (Lipinski definition) is 2. The van der Waals surface area contributed by atoms with E-state index >= 15 is 0 Å². The van der Waals surface area contributed by atoms with Crippen molar-refractivity contribution in [3.63, 3.8) is 0 Å². The summed E-state index contributed by atoms with van der Waals surface area (Å²) in [7, 11) is 0. The molecule has 18 heavy (non-hydrogen) atoms. The maximum atomic E-state index is 12.4. The molecule has 1 aliphatic rings. The van der Waals surface area contributed by atoms with Crippen LogP contribution in [0.15, 0.2) is 18.2 Å². The topological polar surface area (TPSA) is 64.3 Å². The molecule has 98 valence electrons. The molecule has 1 amide bonds. The molecular weight excluding hydrogens is 228 g/mol. The number of carbonyl (C=O) groups excluding carboxylic acids is 1. The van der Waals surface area contributed by atoms with E-state index in [1.165, 1.54) is 0 Å². The summed E-state index contributed by atoms with van der Waals surface area (Å²) < 4.78 is 5.31. The van der Waals surface area contributed by atoms with Crippen molar-refractivity contribution >= 4 is 11.6 Å². The monoisotopic (exact) mass is 248 g/mol. The van der Waals surface area contributed by atoms with Gasteiger partial charge in [0.1, 0.15) is 0 Å². The fraction of sp³-hybridized carbons (Fsp3) is 0.500. The number of amides is 1. The Morgan fingerprint density at radius 2 is 2.06 bits per heavy atom. The number of carbonyl (C=O) groups is 1. The van der Waals surface area contributed by atoms with Crippen LogP contribution in [0.1, 0.15) is 18.1 Å². The number of nitrogens with one attached hydrogen (secondary N) is 1. The Bertz CT molecular complexity index is 453. The fourth-order valence-corrected chi connectivity index (χ4v) is 2.19. The standard InChI is InChI=1S/C14H20N2O2/c1-9-5-4-6-10(2)12(9)16-13(17)14(3)8-18-7-11(14)15/h4-6,11H,7-8,15H2,1-3H3,(H,16,17). The van der Waals surface area contributed by atoms with E-state index in [0.29, 0.717) is 13.2 Å². The molecule has 2 unspecified atom stereocenters. The highest BCUT2D eigenvalue weighted by Crippen LogP contribution is 2.30. The molecule has 2 rings (SSSR count). The van der Waals surface area contributed by atoms with Crippen molar-refractivity contribution in [1.29, 1.82) is 0 Å². The molecule has 1 saturated heterocycles. The first kappa shape index (κ1) is 13.1. The van der Waals surface area contributed by atoms with Gasteiger partial charge in [-0.05, 0) is 31.9 Å². The van der Waals surface area contributed by atoms with Crippen LogP contribution in [0.25, 0.3) is 0 Å². The van der Waals surface area contributed by atoms with Gasteiger partial charge in [-0.3, -0.25) is 4.79 Å². The van der Waals surface area contributed by atoms with Crippen LogP contribution in [0.3, 0.4) is 0 Å². The molecule has 0 bridgehead atoms. The summed E-state index contributed by atoms with van der Waals surface area (Å²) in [6.07, 6.45) is 0. The number of para-hydroxylation sites is 1.